The fourth-order valence-electron chi connectivity index (χ4n) is 3.42. The van der Waals surface area contributed by atoms with Crippen molar-refractivity contribution < 1.29 is 22.7 Å². The monoisotopic (exact) mass is 412 g/mol. The first-order valence-corrected chi connectivity index (χ1v) is 11.3. The molecule has 1 aromatic carbocycles. The molecule has 1 N–H and O–H groups in total. The van der Waals surface area contributed by atoms with Crippen molar-refractivity contribution in [3.63, 3.8) is 0 Å². The van der Waals surface area contributed by atoms with E-state index < -0.39 is 10.0 Å². The van der Waals surface area contributed by atoms with Crippen molar-refractivity contribution in [2.75, 3.05) is 33.9 Å². The molecule has 8 heteroatoms. The first-order valence-electron chi connectivity index (χ1n) is 9.90. The number of benzene rings is 1. The van der Waals surface area contributed by atoms with E-state index in [1.54, 1.807) is 19.2 Å². The highest BCUT2D eigenvalue weighted by atomic mass is 32.2. The molecule has 0 heterocycles. The number of nitrogens with one attached hydrogen (secondary N) is 1. The van der Waals surface area contributed by atoms with Gasteiger partial charge in [0.1, 0.15) is 5.75 Å². The van der Waals surface area contributed by atoms with E-state index in [0.717, 1.165) is 25.7 Å². The van der Waals surface area contributed by atoms with Crippen LogP contribution in [0.2, 0.25) is 0 Å². The van der Waals surface area contributed by atoms with E-state index in [1.165, 1.54) is 36.4 Å². The lowest BCUT2D eigenvalue weighted by molar-refractivity contribution is -0.122. The Morgan fingerprint density at radius 2 is 1.75 bits per heavy atom. The third-order valence-corrected chi connectivity index (χ3v) is 6.85. The van der Waals surface area contributed by atoms with E-state index in [2.05, 4.69) is 5.32 Å². The van der Waals surface area contributed by atoms with Gasteiger partial charge >= 0.3 is 0 Å². The van der Waals surface area contributed by atoms with Gasteiger partial charge in [-0.1, -0.05) is 25.7 Å². The van der Waals surface area contributed by atoms with Crippen molar-refractivity contribution >= 4 is 15.9 Å². The van der Waals surface area contributed by atoms with Crippen LogP contribution in [0.15, 0.2) is 29.2 Å². The van der Waals surface area contributed by atoms with Gasteiger partial charge in [0.15, 0.2) is 0 Å². The van der Waals surface area contributed by atoms with Crippen LogP contribution in [0, 0.1) is 0 Å². The molecule has 1 aliphatic rings. The van der Waals surface area contributed by atoms with Crippen molar-refractivity contribution in [3.05, 3.63) is 24.3 Å². The Bertz CT molecular complexity index is 698. The minimum atomic E-state index is -3.79. The van der Waals surface area contributed by atoms with Crippen LogP contribution in [-0.2, 0) is 19.6 Å². The Kier molecular flexibility index (Phi) is 9.21. The fourth-order valence-corrected chi connectivity index (χ4v) is 4.86. The molecule has 0 aromatic heterocycles. The van der Waals surface area contributed by atoms with E-state index in [-0.39, 0.29) is 29.9 Å². The summed E-state index contributed by atoms with van der Waals surface area (Å²) in [5.41, 5.74) is 0. The largest absolute Gasteiger partial charge is 0.497 e. The summed E-state index contributed by atoms with van der Waals surface area (Å²) in [4.78, 5) is 12.7. The van der Waals surface area contributed by atoms with E-state index in [0.29, 0.717) is 18.8 Å². The van der Waals surface area contributed by atoms with E-state index in [9.17, 15) is 13.2 Å². The Morgan fingerprint density at radius 1 is 1.11 bits per heavy atom. The van der Waals surface area contributed by atoms with Crippen molar-refractivity contribution in [1.29, 1.82) is 0 Å². The summed E-state index contributed by atoms with van der Waals surface area (Å²) in [7, 11) is -0.692. The van der Waals surface area contributed by atoms with Crippen LogP contribution in [0.5, 0.6) is 5.75 Å². The second-order valence-corrected chi connectivity index (χ2v) is 9.05. The van der Waals surface area contributed by atoms with E-state index in [4.69, 9.17) is 9.47 Å². The minimum absolute atomic E-state index is 0.138. The van der Waals surface area contributed by atoms with E-state index >= 15 is 0 Å². The average Bonchev–Trinajstić information content (AvgIpc) is 2.96. The maximum Gasteiger partial charge on any atom is 0.243 e. The van der Waals surface area contributed by atoms with Crippen molar-refractivity contribution in [3.8, 4) is 5.75 Å². The summed E-state index contributed by atoms with van der Waals surface area (Å²) < 4.78 is 37.5. The van der Waals surface area contributed by atoms with Crippen molar-refractivity contribution in [1.82, 2.24) is 9.62 Å². The summed E-state index contributed by atoms with van der Waals surface area (Å²) in [5, 5.41) is 3.03. The Labute approximate surface area is 168 Å². The molecule has 0 aliphatic heterocycles. The van der Waals surface area contributed by atoms with Gasteiger partial charge in [-0.05, 0) is 43.5 Å². The summed E-state index contributed by atoms with van der Waals surface area (Å²) in [6.07, 6.45) is 7.03. The Morgan fingerprint density at radius 3 is 2.32 bits per heavy atom. The van der Waals surface area contributed by atoms with Gasteiger partial charge in [-0.2, -0.15) is 4.31 Å². The lowest BCUT2D eigenvalue weighted by Gasteiger charge is -2.23. The summed E-state index contributed by atoms with van der Waals surface area (Å²) in [6, 6.07) is 6.35. The van der Waals surface area contributed by atoms with Gasteiger partial charge in [0, 0.05) is 26.3 Å². The third kappa shape index (κ3) is 6.76. The normalized spacial score (nSPS) is 16.0. The zero-order valence-electron chi connectivity index (χ0n) is 16.9. The lowest BCUT2D eigenvalue weighted by atomic mass is 10.1. The highest BCUT2D eigenvalue weighted by Gasteiger charge is 2.27. The molecule has 1 aliphatic carbocycles. The molecular weight excluding hydrogens is 380 g/mol. The number of nitrogens with zero attached hydrogens (tertiary/aromatic N) is 1. The maximum atomic E-state index is 13.1. The van der Waals surface area contributed by atoms with Gasteiger partial charge in [-0.25, -0.2) is 8.42 Å². The van der Waals surface area contributed by atoms with Gasteiger partial charge in [-0.3, -0.25) is 4.79 Å². The number of rotatable bonds is 10. The fraction of sp³-hybridized carbons (Fsp3) is 0.650. The molecule has 1 aromatic rings. The molecule has 0 spiro atoms. The predicted molar refractivity (Wildman–Crippen MR) is 108 cm³/mol. The number of carbonyl (C=O) groups excluding carboxylic acids is 1. The van der Waals surface area contributed by atoms with Gasteiger partial charge in [0.05, 0.1) is 18.6 Å². The second-order valence-electron chi connectivity index (χ2n) is 7.12. The number of hydrogen-bond donors (Lipinski definition) is 1. The standard InChI is InChI=1S/C20H32N2O5S/c1-26-15-7-14-22(16-20(23)21-17-8-5-3-4-6-9-17)28(24,25)19-12-10-18(27-2)11-13-19/h10-13,17H,3-9,14-16H2,1-2H3,(H,21,23). The van der Waals surface area contributed by atoms with Crippen LogP contribution in [-0.4, -0.2) is 58.6 Å². The molecule has 7 nitrogen and oxygen atoms in total. The number of sulfonamides is 1. The number of amides is 1. The number of carbonyl (C=O) groups is 1. The quantitative estimate of drug-likeness (QED) is 0.472. The number of methoxy groups -OCH3 is 2. The maximum absolute atomic E-state index is 13.1. The van der Waals surface area contributed by atoms with Crippen LogP contribution in [0.3, 0.4) is 0 Å². The van der Waals surface area contributed by atoms with Crippen LogP contribution >= 0.6 is 0 Å². The molecule has 0 atom stereocenters. The van der Waals surface area contributed by atoms with Gasteiger partial charge in [-0.15, -0.1) is 0 Å². The Balaban J connectivity index is 2.09. The first kappa shape index (κ1) is 22.6. The Hall–Kier alpha value is -1.64. The van der Waals surface area contributed by atoms with Crippen molar-refractivity contribution in [2.24, 2.45) is 0 Å². The molecule has 1 fully saturated rings. The van der Waals surface area contributed by atoms with Crippen LogP contribution in [0.25, 0.3) is 0 Å². The zero-order valence-corrected chi connectivity index (χ0v) is 17.7. The third-order valence-electron chi connectivity index (χ3n) is 4.99. The van der Waals surface area contributed by atoms with Gasteiger partial charge in [0.2, 0.25) is 15.9 Å². The topological polar surface area (TPSA) is 84.9 Å². The van der Waals surface area contributed by atoms with Gasteiger partial charge in [0.25, 0.3) is 0 Å². The second kappa shape index (κ2) is 11.4. The molecule has 0 unspecified atom stereocenters. The average molecular weight is 413 g/mol. The predicted octanol–water partition coefficient (Wildman–Crippen LogP) is 2.56. The lowest BCUT2D eigenvalue weighted by Crippen LogP contribution is -2.44. The molecule has 1 amide bonds. The summed E-state index contributed by atoms with van der Waals surface area (Å²) >= 11 is 0. The number of ether oxygens (including phenoxy) is 2. The highest BCUT2D eigenvalue weighted by molar-refractivity contribution is 7.89. The minimum Gasteiger partial charge on any atom is -0.497 e. The molecule has 0 saturated heterocycles. The van der Waals surface area contributed by atoms with Gasteiger partial charge < -0.3 is 14.8 Å². The molecule has 2 rings (SSSR count). The molecule has 1 saturated carbocycles. The first-order chi connectivity index (χ1) is 13.5. The summed E-state index contributed by atoms with van der Waals surface area (Å²) in [6.45, 7) is 0.466. The van der Waals surface area contributed by atoms with Crippen LogP contribution in [0.1, 0.15) is 44.9 Å². The van der Waals surface area contributed by atoms with Crippen molar-refractivity contribution in [2.45, 2.75) is 55.9 Å². The summed E-state index contributed by atoms with van der Waals surface area (Å²) in [5.74, 6) is 0.331. The SMILES string of the molecule is COCCCN(CC(=O)NC1CCCCCC1)S(=O)(=O)c1ccc(OC)cc1. The molecule has 0 bridgehead atoms. The van der Waals surface area contributed by atoms with E-state index in [1.807, 2.05) is 0 Å². The van der Waals surface area contributed by atoms with Crippen LogP contribution < -0.4 is 10.1 Å². The smallest absolute Gasteiger partial charge is 0.243 e. The van der Waals surface area contributed by atoms with Crippen LogP contribution in [0.4, 0.5) is 0 Å². The molecular formula is C20H32N2O5S. The molecule has 158 valence electrons. The zero-order chi connectivity index (χ0) is 20.4. The molecule has 0 radical (unpaired) electrons. The molecule has 28 heavy (non-hydrogen) atoms. The number of hydrogen-bond acceptors (Lipinski definition) is 5. The highest BCUT2D eigenvalue weighted by Crippen LogP contribution is 2.20.